The Morgan fingerprint density at radius 1 is 1.55 bits per heavy atom. The van der Waals surface area contributed by atoms with Crippen LogP contribution in [0, 0.1) is 0 Å². The van der Waals surface area contributed by atoms with Crippen molar-refractivity contribution in [3.8, 4) is 0 Å². The van der Waals surface area contributed by atoms with Crippen molar-refractivity contribution in [2.75, 3.05) is 0 Å². The molecule has 1 atom stereocenters. The van der Waals surface area contributed by atoms with Crippen molar-refractivity contribution in [1.82, 2.24) is 14.3 Å². The molecule has 0 spiro atoms. The maximum absolute atomic E-state index is 12.4. The van der Waals surface area contributed by atoms with Gasteiger partial charge in [-0.05, 0) is 12.5 Å². The lowest BCUT2D eigenvalue weighted by atomic mass is 10.3. The molecule has 0 saturated carbocycles. The molecule has 2 aromatic heterocycles. The minimum Gasteiger partial charge on any atom is -0.352 e. The van der Waals surface area contributed by atoms with Gasteiger partial charge in [0.2, 0.25) is 10.0 Å². The van der Waals surface area contributed by atoms with Crippen LogP contribution in [-0.4, -0.2) is 18.0 Å². The molecule has 0 aliphatic rings. The Bertz CT molecular complexity index is 662. The summed E-state index contributed by atoms with van der Waals surface area (Å²) >= 11 is 1.44. The Morgan fingerprint density at radius 3 is 2.80 bits per heavy atom. The molecule has 8 heteroatoms. The van der Waals surface area contributed by atoms with Gasteiger partial charge in [-0.15, -0.1) is 11.3 Å². The van der Waals surface area contributed by atoms with Gasteiger partial charge < -0.3 is 10.3 Å². The third-order valence-corrected chi connectivity index (χ3v) is 5.39. The smallest absolute Gasteiger partial charge is 0.242 e. The molecule has 110 valence electrons. The highest BCUT2D eigenvalue weighted by Gasteiger charge is 2.23. The normalized spacial score (nSPS) is 13.6. The number of sulfonamides is 1. The molecule has 1 unspecified atom stereocenters. The highest BCUT2D eigenvalue weighted by atomic mass is 32.2. The van der Waals surface area contributed by atoms with Gasteiger partial charge in [0.05, 0.1) is 10.9 Å². The van der Waals surface area contributed by atoms with Gasteiger partial charge in [0.15, 0.2) is 0 Å². The van der Waals surface area contributed by atoms with Crippen molar-refractivity contribution in [3.05, 3.63) is 34.5 Å². The Hall–Kier alpha value is -1.22. The monoisotopic (exact) mass is 314 g/mol. The Morgan fingerprint density at radius 2 is 2.30 bits per heavy atom. The van der Waals surface area contributed by atoms with E-state index in [2.05, 4.69) is 9.71 Å². The first-order valence-corrected chi connectivity index (χ1v) is 8.61. The summed E-state index contributed by atoms with van der Waals surface area (Å²) in [5.41, 5.74) is 6.34. The minimum atomic E-state index is -3.57. The van der Waals surface area contributed by atoms with Gasteiger partial charge in [-0.1, -0.05) is 6.92 Å². The third kappa shape index (κ3) is 3.09. The van der Waals surface area contributed by atoms with Crippen LogP contribution in [0.3, 0.4) is 0 Å². The molecular weight excluding hydrogens is 296 g/mol. The first-order chi connectivity index (χ1) is 9.47. The maximum atomic E-state index is 12.4. The average molecular weight is 314 g/mol. The number of nitrogens with one attached hydrogen (secondary N) is 1. The first kappa shape index (κ1) is 15.2. The maximum Gasteiger partial charge on any atom is 0.242 e. The molecule has 0 saturated heterocycles. The average Bonchev–Trinajstić information content (AvgIpc) is 3.05. The van der Waals surface area contributed by atoms with Crippen LogP contribution in [-0.2, 0) is 23.6 Å². The lowest BCUT2D eigenvalue weighted by Crippen LogP contribution is -2.28. The van der Waals surface area contributed by atoms with Gasteiger partial charge in [-0.25, -0.2) is 18.1 Å². The van der Waals surface area contributed by atoms with E-state index in [0.717, 1.165) is 10.7 Å². The molecule has 0 bridgehead atoms. The summed E-state index contributed by atoms with van der Waals surface area (Å²) in [6.07, 6.45) is 3.88. The summed E-state index contributed by atoms with van der Waals surface area (Å²) in [5, 5.41) is 2.60. The standard InChI is InChI=1S/C12H18N4O2S2/c1-3-11(12-14-4-5-19-12)15-20(17,18)10-6-9(7-13)16(2)8-10/h4-6,8,11,15H,3,7,13H2,1-2H3. The van der Waals surface area contributed by atoms with E-state index in [9.17, 15) is 8.42 Å². The molecule has 0 aliphatic heterocycles. The number of aromatic nitrogens is 2. The van der Waals surface area contributed by atoms with E-state index in [-0.39, 0.29) is 10.9 Å². The summed E-state index contributed by atoms with van der Waals surface area (Å²) in [7, 11) is -1.79. The van der Waals surface area contributed by atoms with Crippen LogP contribution in [0.4, 0.5) is 0 Å². The fourth-order valence-corrected chi connectivity index (χ4v) is 4.12. The quantitative estimate of drug-likeness (QED) is 0.842. The minimum absolute atomic E-state index is 0.232. The van der Waals surface area contributed by atoms with Crippen molar-refractivity contribution in [3.63, 3.8) is 0 Å². The highest BCUT2D eigenvalue weighted by molar-refractivity contribution is 7.89. The molecule has 6 nitrogen and oxygen atoms in total. The molecule has 0 fully saturated rings. The van der Waals surface area contributed by atoms with Crippen LogP contribution in [0.5, 0.6) is 0 Å². The summed E-state index contributed by atoms with van der Waals surface area (Å²) in [6.45, 7) is 2.22. The van der Waals surface area contributed by atoms with Gasteiger partial charge in [-0.2, -0.15) is 0 Å². The van der Waals surface area contributed by atoms with Crippen molar-refractivity contribution in [2.24, 2.45) is 12.8 Å². The van der Waals surface area contributed by atoms with Gasteiger partial charge >= 0.3 is 0 Å². The van der Waals surface area contributed by atoms with Crippen LogP contribution in [0.2, 0.25) is 0 Å². The van der Waals surface area contributed by atoms with Gasteiger partial charge in [-0.3, -0.25) is 0 Å². The van der Waals surface area contributed by atoms with E-state index >= 15 is 0 Å². The molecule has 2 heterocycles. The van der Waals surface area contributed by atoms with E-state index in [0.29, 0.717) is 13.0 Å². The summed E-state index contributed by atoms with van der Waals surface area (Å²) < 4.78 is 29.2. The van der Waals surface area contributed by atoms with E-state index < -0.39 is 10.0 Å². The third-order valence-electron chi connectivity index (χ3n) is 3.06. The van der Waals surface area contributed by atoms with E-state index in [4.69, 9.17) is 5.73 Å². The zero-order valence-electron chi connectivity index (χ0n) is 11.4. The van der Waals surface area contributed by atoms with Crippen LogP contribution in [0.1, 0.15) is 30.1 Å². The SMILES string of the molecule is CCC(NS(=O)(=O)c1cc(CN)n(C)c1)c1nccs1. The second-order valence-corrected chi connectivity index (χ2v) is 7.07. The predicted molar refractivity (Wildman–Crippen MR) is 78.8 cm³/mol. The highest BCUT2D eigenvalue weighted by Crippen LogP contribution is 2.22. The van der Waals surface area contributed by atoms with Crippen molar-refractivity contribution in [1.29, 1.82) is 0 Å². The first-order valence-electron chi connectivity index (χ1n) is 6.25. The second kappa shape index (κ2) is 6.04. The summed E-state index contributed by atoms with van der Waals surface area (Å²) in [6, 6.07) is 1.29. The topological polar surface area (TPSA) is 90.0 Å². The summed E-state index contributed by atoms with van der Waals surface area (Å²) in [5.74, 6) is 0. The van der Waals surface area contributed by atoms with Crippen LogP contribution < -0.4 is 10.5 Å². The largest absolute Gasteiger partial charge is 0.352 e. The van der Waals surface area contributed by atoms with E-state index in [1.165, 1.54) is 11.3 Å². The predicted octanol–water partition coefficient (Wildman–Crippen LogP) is 1.37. The number of nitrogens with two attached hydrogens (primary N) is 1. The Labute approximate surface area is 122 Å². The summed E-state index contributed by atoms with van der Waals surface area (Å²) in [4.78, 5) is 4.40. The van der Waals surface area contributed by atoms with Crippen LogP contribution in [0.25, 0.3) is 0 Å². The number of hydrogen-bond donors (Lipinski definition) is 2. The second-order valence-electron chi connectivity index (χ2n) is 4.43. The number of rotatable bonds is 6. The van der Waals surface area contributed by atoms with Crippen molar-refractivity contribution >= 4 is 21.4 Å². The molecule has 0 aromatic carbocycles. The fourth-order valence-electron chi connectivity index (χ4n) is 1.90. The lowest BCUT2D eigenvalue weighted by Gasteiger charge is -2.13. The lowest BCUT2D eigenvalue weighted by molar-refractivity contribution is 0.549. The molecule has 2 aromatic rings. The van der Waals surface area contributed by atoms with Crippen LogP contribution >= 0.6 is 11.3 Å². The van der Waals surface area contributed by atoms with E-state index in [1.807, 2.05) is 12.3 Å². The Kier molecular flexibility index (Phi) is 4.59. The molecule has 2 rings (SSSR count). The molecular formula is C12H18N4O2S2. The zero-order valence-corrected chi connectivity index (χ0v) is 13.0. The van der Waals surface area contributed by atoms with E-state index in [1.54, 1.807) is 30.1 Å². The number of thiazole rings is 1. The molecule has 20 heavy (non-hydrogen) atoms. The number of nitrogens with zero attached hydrogens (tertiary/aromatic N) is 2. The number of aryl methyl sites for hydroxylation is 1. The van der Waals surface area contributed by atoms with Gasteiger partial charge in [0.1, 0.15) is 5.01 Å². The van der Waals surface area contributed by atoms with Crippen molar-refractivity contribution < 1.29 is 8.42 Å². The van der Waals surface area contributed by atoms with Gasteiger partial charge in [0, 0.05) is 37.1 Å². The van der Waals surface area contributed by atoms with Crippen molar-refractivity contribution in [2.45, 2.75) is 30.8 Å². The van der Waals surface area contributed by atoms with Gasteiger partial charge in [0.25, 0.3) is 0 Å². The fraction of sp³-hybridized carbons (Fsp3) is 0.417. The molecule has 0 aliphatic carbocycles. The molecule has 0 amide bonds. The number of hydrogen-bond acceptors (Lipinski definition) is 5. The molecule has 3 N–H and O–H groups in total. The Balaban J connectivity index is 2.25. The van der Waals surface area contributed by atoms with Crippen LogP contribution in [0.15, 0.2) is 28.7 Å². The molecule has 0 radical (unpaired) electrons. The zero-order chi connectivity index (χ0) is 14.8.